The number of benzene rings is 2. The highest BCUT2D eigenvalue weighted by molar-refractivity contribution is 7.80. The van der Waals surface area contributed by atoms with Gasteiger partial charge in [0.15, 0.2) is 0 Å². The van der Waals surface area contributed by atoms with Crippen molar-refractivity contribution in [1.82, 2.24) is 4.98 Å². The van der Waals surface area contributed by atoms with Gasteiger partial charge in [-0.2, -0.15) is 0 Å². The number of hydrogen-bond donors (Lipinski definition) is 1. The summed E-state index contributed by atoms with van der Waals surface area (Å²) in [5.41, 5.74) is 2.03. The maximum Gasteiger partial charge on any atom is 0.0720 e. The zero-order chi connectivity index (χ0) is 10.3. The van der Waals surface area contributed by atoms with Crippen LogP contribution < -0.4 is 0 Å². The SMILES string of the molecule is Sc1cccc2nc3ccccc3cc12. The van der Waals surface area contributed by atoms with Gasteiger partial charge in [-0.15, -0.1) is 12.6 Å². The highest BCUT2D eigenvalue weighted by atomic mass is 32.1. The Labute approximate surface area is 93.2 Å². The lowest BCUT2D eigenvalue weighted by molar-refractivity contribution is 1.46. The van der Waals surface area contributed by atoms with Gasteiger partial charge in [0, 0.05) is 15.7 Å². The van der Waals surface area contributed by atoms with E-state index in [1.165, 1.54) is 0 Å². The average Bonchev–Trinajstić information content (AvgIpc) is 2.27. The lowest BCUT2D eigenvalue weighted by Crippen LogP contribution is -1.82. The molecule has 2 heteroatoms. The highest BCUT2D eigenvalue weighted by Crippen LogP contribution is 2.24. The fraction of sp³-hybridized carbons (Fsp3) is 0. The minimum Gasteiger partial charge on any atom is -0.248 e. The first-order chi connectivity index (χ1) is 7.34. The van der Waals surface area contributed by atoms with Gasteiger partial charge in [-0.25, -0.2) is 4.98 Å². The molecule has 0 aliphatic heterocycles. The van der Waals surface area contributed by atoms with Gasteiger partial charge in [0.2, 0.25) is 0 Å². The van der Waals surface area contributed by atoms with E-state index in [1.54, 1.807) is 0 Å². The third-order valence-corrected chi connectivity index (χ3v) is 2.93. The van der Waals surface area contributed by atoms with Gasteiger partial charge < -0.3 is 0 Å². The molecule has 0 spiro atoms. The summed E-state index contributed by atoms with van der Waals surface area (Å²) in [6.45, 7) is 0. The van der Waals surface area contributed by atoms with Crippen molar-refractivity contribution in [3.05, 3.63) is 48.5 Å². The number of rotatable bonds is 0. The van der Waals surface area contributed by atoms with Crippen molar-refractivity contribution in [3.63, 3.8) is 0 Å². The Morgan fingerprint density at radius 2 is 1.67 bits per heavy atom. The van der Waals surface area contributed by atoms with Crippen molar-refractivity contribution in [1.29, 1.82) is 0 Å². The third kappa shape index (κ3) is 1.38. The normalized spacial score (nSPS) is 11.0. The van der Waals surface area contributed by atoms with Crippen LogP contribution in [-0.4, -0.2) is 4.98 Å². The summed E-state index contributed by atoms with van der Waals surface area (Å²) in [7, 11) is 0. The van der Waals surface area contributed by atoms with E-state index in [1.807, 2.05) is 36.4 Å². The van der Waals surface area contributed by atoms with E-state index in [9.17, 15) is 0 Å². The Bertz CT molecular complexity index is 646. The van der Waals surface area contributed by atoms with E-state index >= 15 is 0 Å². The van der Waals surface area contributed by atoms with Crippen LogP contribution in [0.4, 0.5) is 0 Å². The molecular weight excluding hydrogens is 202 g/mol. The molecule has 0 aliphatic rings. The number of aromatic nitrogens is 1. The average molecular weight is 211 g/mol. The zero-order valence-electron chi connectivity index (χ0n) is 8.01. The molecule has 1 heterocycles. The van der Waals surface area contributed by atoms with Crippen LogP contribution in [-0.2, 0) is 0 Å². The van der Waals surface area contributed by atoms with E-state index in [0.29, 0.717) is 0 Å². The minimum absolute atomic E-state index is 0.978. The molecule has 0 atom stereocenters. The van der Waals surface area contributed by atoms with Crippen molar-refractivity contribution in [2.24, 2.45) is 0 Å². The Balaban J connectivity index is 2.53. The second kappa shape index (κ2) is 3.24. The molecule has 3 aromatic rings. The van der Waals surface area contributed by atoms with Crippen molar-refractivity contribution in [3.8, 4) is 0 Å². The second-order valence-corrected chi connectivity index (χ2v) is 4.01. The molecule has 1 nitrogen and oxygen atoms in total. The standard InChI is InChI=1S/C13H9NS/c15-13-7-3-6-12-10(13)8-9-4-1-2-5-11(9)14-12/h1-8,15H. The van der Waals surface area contributed by atoms with Gasteiger partial charge in [-0.05, 0) is 24.3 Å². The quantitative estimate of drug-likeness (QED) is 0.442. The monoisotopic (exact) mass is 211 g/mol. The summed E-state index contributed by atoms with van der Waals surface area (Å²) in [6, 6.07) is 16.3. The third-order valence-electron chi connectivity index (χ3n) is 2.54. The number of pyridine rings is 1. The first-order valence-electron chi connectivity index (χ1n) is 4.82. The van der Waals surface area contributed by atoms with E-state index < -0.39 is 0 Å². The zero-order valence-corrected chi connectivity index (χ0v) is 8.91. The number of para-hydroxylation sites is 1. The van der Waals surface area contributed by atoms with E-state index in [4.69, 9.17) is 0 Å². The van der Waals surface area contributed by atoms with Crippen LogP contribution in [0.15, 0.2) is 53.4 Å². The van der Waals surface area contributed by atoms with Gasteiger partial charge >= 0.3 is 0 Å². The molecule has 0 fully saturated rings. The topological polar surface area (TPSA) is 12.9 Å². The summed E-state index contributed by atoms with van der Waals surface area (Å²) < 4.78 is 0. The van der Waals surface area contributed by atoms with Crippen LogP contribution in [0, 0.1) is 0 Å². The van der Waals surface area contributed by atoms with Crippen LogP contribution in [0.1, 0.15) is 0 Å². The molecule has 0 bridgehead atoms. The first kappa shape index (κ1) is 8.74. The molecule has 2 aromatic carbocycles. The summed E-state index contributed by atoms with van der Waals surface area (Å²) in [5.74, 6) is 0. The summed E-state index contributed by atoms with van der Waals surface area (Å²) in [4.78, 5) is 5.57. The summed E-state index contributed by atoms with van der Waals surface area (Å²) >= 11 is 4.44. The predicted octanol–water partition coefficient (Wildman–Crippen LogP) is 3.68. The molecule has 1 aromatic heterocycles. The van der Waals surface area contributed by atoms with Crippen LogP contribution in [0.5, 0.6) is 0 Å². The number of hydrogen-bond acceptors (Lipinski definition) is 2. The fourth-order valence-corrected chi connectivity index (χ4v) is 2.05. The largest absolute Gasteiger partial charge is 0.248 e. The van der Waals surface area contributed by atoms with E-state index in [2.05, 4.69) is 29.7 Å². The Hall–Kier alpha value is -1.54. The molecule has 0 N–H and O–H groups in total. The molecular formula is C13H9NS. The Morgan fingerprint density at radius 3 is 2.60 bits per heavy atom. The minimum atomic E-state index is 0.978. The molecule has 0 saturated carbocycles. The maximum absolute atomic E-state index is 4.59. The second-order valence-electron chi connectivity index (χ2n) is 3.52. The van der Waals surface area contributed by atoms with Crippen LogP contribution >= 0.6 is 12.6 Å². The lowest BCUT2D eigenvalue weighted by atomic mass is 10.1. The number of nitrogens with zero attached hydrogens (tertiary/aromatic N) is 1. The van der Waals surface area contributed by atoms with Crippen LogP contribution in [0.2, 0.25) is 0 Å². The Morgan fingerprint density at radius 1 is 0.867 bits per heavy atom. The highest BCUT2D eigenvalue weighted by Gasteiger charge is 2.00. The summed E-state index contributed by atoms with van der Waals surface area (Å²) in [5, 5.41) is 2.27. The van der Waals surface area contributed by atoms with Crippen molar-refractivity contribution >= 4 is 34.4 Å². The maximum atomic E-state index is 4.59. The van der Waals surface area contributed by atoms with Crippen LogP contribution in [0.3, 0.4) is 0 Å². The lowest BCUT2D eigenvalue weighted by Gasteiger charge is -2.02. The molecule has 0 amide bonds. The summed E-state index contributed by atoms with van der Waals surface area (Å²) in [6.07, 6.45) is 0. The van der Waals surface area contributed by atoms with Crippen molar-refractivity contribution in [2.45, 2.75) is 4.90 Å². The first-order valence-corrected chi connectivity index (χ1v) is 5.27. The van der Waals surface area contributed by atoms with Gasteiger partial charge in [0.1, 0.15) is 0 Å². The molecule has 0 aliphatic carbocycles. The van der Waals surface area contributed by atoms with Crippen LogP contribution in [0.25, 0.3) is 21.8 Å². The molecule has 0 radical (unpaired) electrons. The molecule has 0 saturated heterocycles. The van der Waals surface area contributed by atoms with Gasteiger partial charge in [0.25, 0.3) is 0 Å². The molecule has 0 unspecified atom stereocenters. The van der Waals surface area contributed by atoms with Gasteiger partial charge in [0.05, 0.1) is 11.0 Å². The van der Waals surface area contributed by atoms with Gasteiger partial charge in [-0.1, -0.05) is 24.3 Å². The molecule has 72 valence electrons. The van der Waals surface area contributed by atoms with Crippen molar-refractivity contribution < 1.29 is 0 Å². The van der Waals surface area contributed by atoms with Crippen molar-refractivity contribution in [2.75, 3.05) is 0 Å². The molecule has 15 heavy (non-hydrogen) atoms. The number of thiol groups is 1. The Kier molecular flexibility index (Phi) is 1.89. The van der Waals surface area contributed by atoms with Gasteiger partial charge in [-0.3, -0.25) is 0 Å². The fourth-order valence-electron chi connectivity index (χ4n) is 1.78. The number of fused-ring (bicyclic) bond motifs is 2. The predicted molar refractivity (Wildman–Crippen MR) is 66.5 cm³/mol. The molecule has 3 rings (SSSR count). The van der Waals surface area contributed by atoms with E-state index in [-0.39, 0.29) is 0 Å². The smallest absolute Gasteiger partial charge is 0.0720 e. The van der Waals surface area contributed by atoms with E-state index in [0.717, 1.165) is 26.7 Å².